The molecule has 0 unspecified atom stereocenters. The summed E-state index contributed by atoms with van der Waals surface area (Å²) in [5.41, 5.74) is 0.276. The first-order valence-electron chi connectivity index (χ1n) is 7.45. The summed E-state index contributed by atoms with van der Waals surface area (Å²) in [5.74, 6) is 0.146. The van der Waals surface area contributed by atoms with Crippen molar-refractivity contribution in [2.45, 2.75) is 40.2 Å². The monoisotopic (exact) mass is 325 g/mol. The Hall–Kier alpha value is -2.44. The number of rotatable bonds is 3. The molecule has 0 spiro atoms. The first-order valence-corrected chi connectivity index (χ1v) is 7.45. The van der Waals surface area contributed by atoms with Gasteiger partial charge < -0.3 is 25.7 Å². The van der Waals surface area contributed by atoms with Gasteiger partial charge in [-0.15, -0.1) is 0 Å². The number of aromatic hydroxyl groups is 1. The van der Waals surface area contributed by atoms with E-state index in [2.05, 4.69) is 10.6 Å². The Morgan fingerprint density at radius 1 is 1.17 bits per heavy atom. The van der Waals surface area contributed by atoms with Gasteiger partial charge in [-0.1, -0.05) is 6.07 Å². The highest BCUT2D eigenvalue weighted by Crippen LogP contribution is 2.15. The van der Waals surface area contributed by atoms with Crippen LogP contribution in [0.15, 0.2) is 24.3 Å². The Kier molecular flexibility index (Phi) is 8.54. The van der Waals surface area contributed by atoms with E-state index in [9.17, 15) is 14.7 Å². The second kappa shape index (κ2) is 9.55. The van der Waals surface area contributed by atoms with Crippen LogP contribution < -0.4 is 10.6 Å². The summed E-state index contributed by atoms with van der Waals surface area (Å²) < 4.78 is 0. The average Bonchev–Trinajstić information content (AvgIpc) is 2.37. The van der Waals surface area contributed by atoms with Crippen molar-refractivity contribution < 1.29 is 19.8 Å². The number of nitrogens with one attached hydrogen (secondary N) is 2. The minimum Gasteiger partial charge on any atom is -0.508 e. The van der Waals surface area contributed by atoms with Gasteiger partial charge in [0.05, 0.1) is 0 Å². The van der Waals surface area contributed by atoms with Crippen LogP contribution in [0, 0.1) is 0 Å². The van der Waals surface area contributed by atoms with Crippen LogP contribution in [0.3, 0.4) is 0 Å². The van der Waals surface area contributed by atoms with E-state index in [1.807, 2.05) is 13.8 Å². The van der Waals surface area contributed by atoms with E-state index in [1.54, 1.807) is 43.9 Å². The van der Waals surface area contributed by atoms with Crippen molar-refractivity contribution in [2.75, 3.05) is 18.4 Å². The fourth-order valence-electron chi connectivity index (χ4n) is 1.62. The molecule has 4 N–H and O–H groups in total. The summed E-state index contributed by atoms with van der Waals surface area (Å²) in [7, 11) is 0. The number of carbonyl (C=O) groups excluding carboxylic acids is 1. The molecule has 1 aromatic carbocycles. The summed E-state index contributed by atoms with van der Waals surface area (Å²) in [6, 6.07) is 6.36. The van der Waals surface area contributed by atoms with Crippen LogP contribution in [0.4, 0.5) is 15.3 Å². The van der Waals surface area contributed by atoms with Gasteiger partial charge in [0, 0.05) is 30.4 Å². The van der Waals surface area contributed by atoms with Crippen molar-refractivity contribution in [3.63, 3.8) is 0 Å². The van der Waals surface area contributed by atoms with Crippen LogP contribution >= 0.6 is 0 Å². The lowest BCUT2D eigenvalue weighted by Gasteiger charge is -2.19. The van der Waals surface area contributed by atoms with E-state index in [1.165, 1.54) is 6.07 Å². The van der Waals surface area contributed by atoms with Crippen LogP contribution in [0.1, 0.15) is 34.6 Å². The molecule has 0 bridgehead atoms. The van der Waals surface area contributed by atoms with Crippen LogP contribution in [0.2, 0.25) is 0 Å². The second-order valence-electron chi connectivity index (χ2n) is 5.83. The third kappa shape index (κ3) is 10.00. The molecule has 0 heterocycles. The number of benzene rings is 1. The van der Waals surface area contributed by atoms with E-state index < -0.39 is 6.09 Å². The van der Waals surface area contributed by atoms with Crippen molar-refractivity contribution in [3.05, 3.63) is 24.3 Å². The number of hydrogen-bond donors (Lipinski definition) is 4. The van der Waals surface area contributed by atoms with Gasteiger partial charge in [-0.3, -0.25) is 0 Å². The summed E-state index contributed by atoms with van der Waals surface area (Å²) in [5, 5.41) is 22.4. The minimum atomic E-state index is -0.975. The Bertz CT molecular complexity index is 508. The Labute approximate surface area is 137 Å². The molecule has 0 atom stereocenters. The van der Waals surface area contributed by atoms with Crippen molar-refractivity contribution >= 4 is 17.8 Å². The zero-order valence-electron chi connectivity index (χ0n) is 14.4. The number of amides is 3. The molecule has 0 aromatic heterocycles. The van der Waals surface area contributed by atoms with Gasteiger partial charge in [-0.25, -0.2) is 9.59 Å². The first kappa shape index (κ1) is 20.6. The maximum absolute atomic E-state index is 11.6. The molecule has 7 nitrogen and oxygen atoms in total. The minimum absolute atomic E-state index is 0.146. The zero-order valence-corrected chi connectivity index (χ0v) is 14.4. The molecule has 3 amide bonds. The Morgan fingerprint density at radius 3 is 2.09 bits per heavy atom. The highest BCUT2D eigenvalue weighted by molar-refractivity contribution is 5.89. The third-order valence-electron chi connectivity index (χ3n) is 2.63. The van der Waals surface area contributed by atoms with E-state index in [4.69, 9.17) is 5.11 Å². The fraction of sp³-hybridized carbons (Fsp3) is 0.500. The SMILES string of the molecule is CC(C)(C)NC(=O)O.CCN(CC)C(=O)Nc1cccc(O)c1. The topological polar surface area (TPSA) is 102 Å². The molecule has 7 heteroatoms. The predicted molar refractivity (Wildman–Crippen MR) is 91.0 cm³/mol. The van der Waals surface area contributed by atoms with E-state index in [0.717, 1.165) is 0 Å². The number of urea groups is 1. The lowest BCUT2D eigenvalue weighted by Crippen LogP contribution is -2.39. The van der Waals surface area contributed by atoms with Gasteiger partial charge in [0.15, 0.2) is 0 Å². The van der Waals surface area contributed by atoms with Crippen LogP contribution in [0.5, 0.6) is 5.75 Å². The molecule has 0 saturated carbocycles. The number of carboxylic acid groups (broad SMARTS) is 1. The highest BCUT2D eigenvalue weighted by atomic mass is 16.4. The standard InChI is InChI=1S/C11H16N2O2.C5H11NO2/c1-3-13(4-2)11(15)12-9-6-5-7-10(14)8-9;1-5(2,3)6-4(7)8/h5-8,14H,3-4H2,1-2H3,(H,12,15);6H,1-3H3,(H,7,8). The molecule has 0 fully saturated rings. The van der Waals surface area contributed by atoms with Crippen LogP contribution in [-0.4, -0.2) is 45.9 Å². The maximum Gasteiger partial charge on any atom is 0.405 e. The number of carbonyl (C=O) groups is 2. The van der Waals surface area contributed by atoms with E-state index in [-0.39, 0.29) is 17.3 Å². The summed E-state index contributed by atoms with van der Waals surface area (Å²) in [4.78, 5) is 23.2. The number of nitrogens with zero attached hydrogens (tertiary/aromatic N) is 1. The summed E-state index contributed by atoms with van der Waals surface area (Å²) in [6.45, 7) is 10.6. The van der Waals surface area contributed by atoms with Crippen LogP contribution in [0.25, 0.3) is 0 Å². The van der Waals surface area contributed by atoms with Gasteiger partial charge in [-0.2, -0.15) is 0 Å². The smallest absolute Gasteiger partial charge is 0.405 e. The largest absolute Gasteiger partial charge is 0.508 e. The Balaban J connectivity index is 0.000000515. The molecule has 0 aliphatic rings. The van der Waals surface area contributed by atoms with Gasteiger partial charge >= 0.3 is 12.1 Å². The first-order chi connectivity index (χ1) is 10.6. The van der Waals surface area contributed by atoms with Gasteiger partial charge in [0.2, 0.25) is 0 Å². The highest BCUT2D eigenvalue weighted by Gasteiger charge is 2.11. The van der Waals surface area contributed by atoms with Gasteiger partial charge in [-0.05, 0) is 46.8 Å². The van der Waals surface area contributed by atoms with Gasteiger partial charge in [0.1, 0.15) is 5.75 Å². The quantitative estimate of drug-likeness (QED) is 0.684. The predicted octanol–water partition coefficient (Wildman–Crippen LogP) is 3.32. The molecule has 1 aromatic rings. The Morgan fingerprint density at radius 2 is 1.74 bits per heavy atom. The molecule has 0 saturated heterocycles. The van der Waals surface area contributed by atoms with Crippen molar-refractivity contribution in [1.82, 2.24) is 10.2 Å². The lowest BCUT2D eigenvalue weighted by atomic mass is 10.1. The average molecular weight is 325 g/mol. The second-order valence-corrected chi connectivity index (χ2v) is 5.83. The van der Waals surface area contributed by atoms with E-state index >= 15 is 0 Å². The number of phenols is 1. The van der Waals surface area contributed by atoms with Crippen LogP contribution in [-0.2, 0) is 0 Å². The molecule has 0 aliphatic carbocycles. The van der Waals surface area contributed by atoms with Gasteiger partial charge in [0.25, 0.3) is 0 Å². The zero-order chi connectivity index (χ0) is 18.0. The fourth-order valence-corrected chi connectivity index (χ4v) is 1.62. The molecule has 0 radical (unpaired) electrons. The maximum atomic E-state index is 11.6. The molecule has 0 aliphatic heterocycles. The molecular formula is C16H27N3O4. The summed E-state index contributed by atoms with van der Waals surface area (Å²) >= 11 is 0. The number of anilines is 1. The van der Waals surface area contributed by atoms with Crippen molar-refractivity contribution in [2.24, 2.45) is 0 Å². The lowest BCUT2D eigenvalue weighted by molar-refractivity contribution is 0.184. The third-order valence-corrected chi connectivity index (χ3v) is 2.63. The normalized spacial score (nSPS) is 10.1. The van der Waals surface area contributed by atoms with E-state index in [0.29, 0.717) is 18.8 Å². The number of phenolic OH excluding ortho intramolecular Hbond substituents is 1. The molecule has 23 heavy (non-hydrogen) atoms. The summed E-state index contributed by atoms with van der Waals surface area (Å²) in [6.07, 6.45) is -0.975. The van der Waals surface area contributed by atoms with Crippen molar-refractivity contribution in [1.29, 1.82) is 0 Å². The number of hydrogen-bond acceptors (Lipinski definition) is 3. The molecule has 1 rings (SSSR count). The molecular weight excluding hydrogens is 298 g/mol. The molecule has 130 valence electrons. The van der Waals surface area contributed by atoms with Crippen molar-refractivity contribution in [3.8, 4) is 5.75 Å².